The van der Waals surface area contributed by atoms with E-state index >= 15 is 0 Å². The minimum atomic E-state index is -0.0886. The summed E-state index contributed by atoms with van der Waals surface area (Å²) >= 11 is 0. The fourth-order valence-corrected chi connectivity index (χ4v) is 4.68. The molecule has 0 saturated heterocycles. The number of benzene rings is 1. The fraction of sp³-hybridized carbons (Fsp3) is 0.167. The van der Waals surface area contributed by atoms with E-state index in [1.165, 1.54) is 0 Å². The number of anilines is 1. The van der Waals surface area contributed by atoms with Crippen molar-refractivity contribution in [1.82, 2.24) is 30.1 Å². The smallest absolute Gasteiger partial charge is 0.224 e. The van der Waals surface area contributed by atoms with Gasteiger partial charge >= 0.3 is 0 Å². The van der Waals surface area contributed by atoms with Crippen LogP contribution in [-0.2, 0) is 4.79 Å². The summed E-state index contributed by atoms with van der Waals surface area (Å²) in [7, 11) is 0. The minimum Gasteiger partial charge on any atom is -0.338 e. The highest BCUT2D eigenvalue weighted by atomic mass is 16.1. The Morgan fingerprint density at radius 3 is 2.58 bits per heavy atom. The number of pyridine rings is 3. The van der Waals surface area contributed by atoms with E-state index in [0.29, 0.717) is 12.1 Å². The summed E-state index contributed by atoms with van der Waals surface area (Å²) in [4.78, 5) is 29.1. The number of hydrogen-bond acceptors (Lipinski definition) is 5. The Morgan fingerprint density at radius 2 is 1.76 bits per heavy atom. The molecule has 0 spiro atoms. The predicted octanol–water partition coefficient (Wildman–Crippen LogP) is 6.60. The summed E-state index contributed by atoms with van der Waals surface area (Å²) in [5.41, 5.74) is 7.94. The molecule has 0 fully saturated rings. The second-order valence-electron chi connectivity index (χ2n) is 10.6. The molecule has 8 nitrogen and oxygen atoms in total. The first kappa shape index (κ1) is 23.5. The third-order valence-corrected chi connectivity index (χ3v) is 6.37. The van der Waals surface area contributed by atoms with Crippen LogP contribution in [0.5, 0.6) is 0 Å². The van der Waals surface area contributed by atoms with Crippen LogP contribution in [0.15, 0.2) is 79.5 Å². The van der Waals surface area contributed by atoms with Gasteiger partial charge in [0.2, 0.25) is 5.91 Å². The molecule has 0 atom stereocenters. The predicted molar refractivity (Wildman–Crippen MR) is 150 cm³/mol. The highest BCUT2D eigenvalue weighted by molar-refractivity contribution is 6.00. The summed E-state index contributed by atoms with van der Waals surface area (Å²) in [6, 6.07) is 16.1. The van der Waals surface area contributed by atoms with Gasteiger partial charge in [0.05, 0.1) is 23.1 Å². The van der Waals surface area contributed by atoms with Crippen LogP contribution in [0.2, 0.25) is 0 Å². The molecule has 1 amide bonds. The third kappa shape index (κ3) is 4.64. The molecule has 5 aromatic heterocycles. The van der Waals surface area contributed by atoms with Gasteiger partial charge in [0.15, 0.2) is 0 Å². The van der Waals surface area contributed by atoms with E-state index in [0.717, 1.165) is 55.6 Å². The standard InChI is InChI=1S/C30H27N7O/c1-30(2,3)14-27(38)34-21-11-20(16-32-17-21)18-6-7-25-24(12-18)28(37-36-25)26-13-23-22(8-10-33-29(23)35-26)19-5-4-9-31-15-19/h4-13,15-17H,14H2,1-3H3,(H,33,35)(H,34,38)(H,36,37). The van der Waals surface area contributed by atoms with Crippen molar-refractivity contribution < 1.29 is 4.79 Å². The number of fused-ring (bicyclic) bond motifs is 2. The molecule has 188 valence electrons. The second-order valence-corrected chi connectivity index (χ2v) is 10.6. The number of carbonyl (C=O) groups is 1. The van der Waals surface area contributed by atoms with E-state index in [4.69, 9.17) is 0 Å². The van der Waals surface area contributed by atoms with Crippen LogP contribution < -0.4 is 5.32 Å². The largest absolute Gasteiger partial charge is 0.338 e. The van der Waals surface area contributed by atoms with Gasteiger partial charge in [-0.1, -0.05) is 32.9 Å². The highest BCUT2D eigenvalue weighted by Crippen LogP contribution is 2.34. The Balaban J connectivity index is 1.36. The van der Waals surface area contributed by atoms with Crippen LogP contribution in [-0.4, -0.2) is 36.0 Å². The molecule has 5 heterocycles. The molecule has 0 saturated carbocycles. The SMILES string of the molecule is CC(C)(C)CC(=O)Nc1cncc(-c2ccc3[nH]nc(-c4cc5c(-c6cccnc6)ccnc5[nH]4)c3c2)c1. The van der Waals surface area contributed by atoms with Crippen LogP contribution >= 0.6 is 0 Å². The van der Waals surface area contributed by atoms with Crippen molar-refractivity contribution in [2.45, 2.75) is 27.2 Å². The number of amides is 1. The molecule has 6 rings (SSSR count). The third-order valence-electron chi connectivity index (χ3n) is 6.37. The maximum atomic E-state index is 12.4. The zero-order chi connectivity index (χ0) is 26.3. The molecule has 0 aliphatic heterocycles. The normalized spacial score (nSPS) is 11.8. The minimum absolute atomic E-state index is 0.0258. The van der Waals surface area contributed by atoms with Crippen molar-refractivity contribution in [2.75, 3.05) is 5.32 Å². The lowest BCUT2D eigenvalue weighted by molar-refractivity contribution is -0.117. The molecule has 0 radical (unpaired) electrons. The summed E-state index contributed by atoms with van der Waals surface area (Å²) in [6.45, 7) is 6.13. The van der Waals surface area contributed by atoms with Crippen LogP contribution in [0.3, 0.4) is 0 Å². The van der Waals surface area contributed by atoms with E-state index in [9.17, 15) is 4.79 Å². The quantitative estimate of drug-likeness (QED) is 0.246. The fourth-order valence-electron chi connectivity index (χ4n) is 4.68. The van der Waals surface area contributed by atoms with E-state index in [2.05, 4.69) is 47.6 Å². The molecule has 0 unspecified atom stereocenters. The van der Waals surface area contributed by atoms with E-state index < -0.39 is 0 Å². The maximum absolute atomic E-state index is 12.4. The maximum Gasteiger partial charge on any atom is 0.224 e. The summed E-state index contributed by atoms with van der Waals surface area (Å²) < 4.78 is 0. The van der Waals surface area contributed by atoms with Gasteiger partial charge in [0, 0.05) is 53.1 Å². The highest BCUT2D eigenvalue weighted by Gasteiger charge is 2.17. The van der Waals surface area contributed by atoms with Gasteiger partial charge in [-0.2, -0.15) is 5.10 Å². The Kier molecular flexibility index (Phi) is 5.72. The first-order valence-electron chi connectivity index (χ1n) is 12.5. The summed E-state index contributed by atoms with van der Waals surface area (Å²) in [6.07, 6.45) is 9.32. The van der Waals surface area contributed by atoms with Crippen LogP contribution in [0.4, 0.5) is 5.69 Å². The Labute approximate surface area is 219 Å². The number of H-pyrrole nitrogens is 2. The molecule has 8 heteroatoms. The second kappa shape index (κ2) is 9.23. The molecular formula is C30H27N7O. The monoisotopic (exact) mass is 501 g/mol. The molecule has 0 bridgehead atoms. The lowest BCUT2D eigenvalue weighted by Gasteiger charge is -2.17. The molecule has 1 aromatic carbocycles. The zero-order valence-corrected chi connectivity index (χ0v) is 21.4. The van der Waals surface area contributed by atoms with Gasteiger partial charge in [-0.15, -0.1) is 0 Å². The number of rotatable bonds is 5. The molecular weight excluding hydrogens is 474 g/mol. The average Bonchev–Trinajstić information content (AvgIpc) is 3.51. The first-order valence-corrected chi connectivity index (χ1v) is 12.5. The number of nitrogens with one attached hydrogen (secondary N) is 3. The van der Waals surface area contributed by atoms with Crippen LogP contribution in [0, 0.1) is 5.41 Å². The summed E-state index contributed by atoms with van der Waals surface area (Å²) in [5, 5.41) is 12.7. The number of nitrogens with zero attached hydrogens (tertiary/aromatic N) is 4. The van der Waals surface area contributed by atoms with Crippen molar-refractivity contribution in [3.05, 3.63) is 79.5 Å². The number of hydrogen-bond donors (Lipinski definition) is 3. The van der Waals surface area contributed by atoms with Gasteiger partial charge < -0.3 is 10.3 Å². The Hall–Kier alpha value is -4.85. The van der Waals surface area contributed by atoms with Gasteiger partial charge in [-0.3, -0.25) is 19.9 Å². The van der Waals surface area contributed by atoms with Crippen molar-refractivity contribution in [1.29, 1.82) is 0 Å². The number of carbonyl (C=O) groups excluding carboxylic acids is 1. The Bertz CT molecular complexity index is 1780. The molecule has 6 aromatic rings. The van der Waals surface area contributed by atoms with E-state index in [1.54, 1.807) is 24.8 Å². The van der Waals surface area contributed by atoms with Crippen molar-refractivity contribution in [2.24, 2.45) is 5.41 Å². The van der Waals surface area contributed by atoms with Crippen molar-refractivity contribution >= 4 is 33.5 Å². The molecule has 3 N–H and O–H groups in total. The number of aromatic nitrogens is 6. The molecule has 0 aliphatic carbocycles. The lowest BCUT2D eigenvalue weighted by atomic mass is 9.92. The topological polar surface area (TPSA) is 112 Å². The van der Waals surface area contributed by atoms with Crippen LogP contribution in [0.1, 0.15) is 27.2 Å². The number of aromatic amines is 2. The summed E-state index contributed by atoms with van der Waals surface area (Å²) in [5.74, 6) is -0.0258. The molecule has 38 heavy (non-hydrogen) atoms. The lowest BCUT2D eigenvalue weighted by Crippen LogP contribution is -2.19. The van der Waals surface area contributed by atoms with Gasteiger partial charge in [0.1, 0.15) is 11.3 Å². The van der Waals surface area contributed by atoms with E-state index in [1.807, 2.05) is 63.4 Å². The van der Waals surface area contributed by atoms with E-state index in [-0.39, 0.29) is 11.3 Å². The van der Waals surface area contributed by atoms with Crippen molar-refractivity contribution in [3.63, 3.8) is 0 Å². The first-order chi connectivity index (χ1) is 18.3. The zero-order valence-electron chi connectivity index (χ0n) is 21.4. The van der Waals surface area contributed by atoms with Gasteiger partial charge in [0.25, 0.3) is 0 Å². The average molecular weight is 502 g/mol. The van der Waals surface area contributed by atoms with Crippen LogP contribution in [0.25, 0.3) is 55.6 Å². The van der Waals surface area contributed by atoms with Gasteiger partial charge in [-0.25, -0.2) is 4.98 Å². The van der Waals surface area contributed by atoms with Gasteiger partial charge in [-0.05, 0) is 52.9 Å². The molecule has 0 aliphatic rings. The van der Waals surface area contributed by atoms with Crippen molar-refractivity contribution in [3.8, 4) is 33.6 Å². The Morgan fingerprint density at radius 1 is 0.895 bits per heavy atom.